The van der Waals surface area contributed by atoms with Crippen molar-refractivity contribution in [2.75, 3.05) is 0 Å². The summed E-state index contributed by atoms with van der Waals surface area (Å²) in [7, 11) is 0. The maximum atomic E-state index is 12.1. The summed E-state index contributed by atoms with van der Waals surface area (Å²) in [5, 5.41) is 8.57. The van der Waals surface area contributed by atoms with Crippen LogP contribution in [0, 0.1) is 0 Å². The summed E-state index contributed by atoms with van der Waals surface area (Å²) >= 11 is 0. The van der Waals surface area contributed by atoms with Crippen LogP contribution in [0.15, 0.2) is 59.6 Å². The van der Waals surface area contributed by atoms with Crippen LogP contribution in [0.4, 0.5) is 5.69 Å². The second kappa shape index (κ2) is 7.59. The predicted octanol–water partition coefficient (Wildman–Crippen LogP) is 1.91. The molecule has 0 fully saturated rings. The number of aliphatic imine (C=N–C) groups is 1. The molecule has 24 heavy (non-hydrogen) atoms. The summed E-state index contributed by atoms with van der Waals surface area (Å²) in [5.74, 6) is -1.28. The number of hydrogen-bond acceptors (Lipinski definition) is 4. The van der Waals surface area contributed by atoms with Crippen LogP contribution in [0.2, 0.25) is 0 Å². The number of carboxylic acids is 1. The zero-order chi connectivity index (χ0) is 17.5. The fourth-order valence-corrected chi connectivity index (χ4v) is 1.80. The molecule has 0 aliphatic carbocycles. The van der Waals surface area contributed by atoms with E-state index in [-0.39, 0.29) is 5.96 Å². The Morgan fingerprint density at radius 2 is 1.62 bits per heavy atom. The number of rotatable bonds is 5. The quantitative estimate of drug-likeness (QED) is 0.253. The first-order valence-corrected chi connectivity index (χ1v) is 6.87. The second-order valence-electron chi connectivity index (χ2n) is 4.71. The van der Waals surface area contributed by atoms with Gasteiger partial charge in [-0.3, -0.25) is 0 Å². The molecule has 0 spiro atoms. The minimum Gasteiger partial charge on any atom is -0.478 e. The molecule has 0 saturated heterocycles. The summed E-state index contributed by atoms with van der Waals surface area (Å²) in [6.07, 6.45) is 2.45. The van der Waals surface area contributed by atoms with E-state index in [1.807, 2.05) is 0 Å². The average molecular weight is 325 g/mol. The monoisotopic (exact) mass is 325 g/mol. The van der Waals surface area contributed by atoms with Crippen LogP contribution in [0.1, 0.15) is 15.9 Å². The highest BCUT2D eigenvalue weighted by molar-refractivity contribution is 5.91. The van der Waals surface area contributed by atoms with Gasteiger partial charge in [0.1, 0.15) is 5.75 Å². The van der Waals surface area contributed by atoms with Crippen LogP contribution in [0.25, 0.3) is 6.08 Å². The molecule has 0 aliphatic heterocycles. The van der Waals surface area contributed by atoms with Crippen molar-refractivity contribution < 1.29 is 19.4 Å². The Bertz CT molecular complexity index is 790. The Kier molecular flexibility index (Phi) is 5.30. The number of hydrogen-bond donors (Lipinski definition) is 3. The number of guanidine groups is 1. The van der Waals surface area contributed by atoms with E-state index >= 15 is 0 Å². The lowest BCUT2D eigenvalue weighted by Crippen LogP contribution is -2.21. The minimum absolute atomic E-state index is 0.0585. The van der Waals surface area contributed by atoms with E-state index in [1.165, 1.54) is 6.08 Å². The molecule has 5 N–H and O–H groups in total. The number of esters is 1. The molecule has 0 bridgehead atoms. The fourth-order valence-electron chi connectivity index (χ4n) is 1.80. The van der Waals surface area contributed by atoms with Crippen molar-refractivity contribution in [3.05, 3.63) is 65.7 Å². The van der Waals surface area contributed by atoms with E-state index in [1.54, 1.807) is 48.5 Å². The van der Waals surface area contributed by atoms with E-state index in [2.05, 4.69) is 4.99 Å². The molecule has 0 heterocycles. The summed E-state index contributed by atoms with van der Waals surface area (Å²) in [6, 6.07) is 12.7. The summed E-state index contributed by atoms with van der Waals surface area (Å²) < 4.78 is 5.24. The fraction of sp³-hybridized carbons (Fsp3) is 0. The summed E-state index contributed by atoms with van der Waals surface area (Å²) in [6.45, 7) is 0. The Labute approximate surface area is 137 Å². The topological polar surface area (TPSA) is 128 Å². The van der Waals surface area contributed by atoms with Gasteiger partial charge in [-0.1, -0.05) is 12.1 Å². The molecule has 7 nitrogen and oxygen atoms in total. The number of carbonyl (C=O) groups excluding carboxylic acids is 1. The van der Waals surface area contributed by atoms with Gasteiger partial charge >= 0.3 is 11.9 Å². The smallest absolute Gasteiger partial charge is 0.343 e. The van der Waals surface area contributed by atoms with E-state index in [0.717, 1.165) is 6.08 Å². The third-order valence-corrected chi connectivity index (χ3v) is 2.87. The molecule has 7 heteroatoms. The lowest BCUT2D eigenvalue weighted by Gasteiger charge is -2.05. The molecule has 122 valence electrons. The first-order chi connectivity index (χ1) is 11.4. The van der Waals surface area contributed by atoms with Gasteiger partial charge in [-0.25, -0.2) is 14.6 Å². The van der Waals surface area contributed by atoms with Gasteiger partial charge < -0.3 is 21.3 Å². The number of carboxylic acid groups (broad SMARTS) is 1. The molecule has 2 aromatic rings. The first kappa shape index (κ1) is 16.8. The molecule has 0 aromatic heterocycles. The van der Waals surface area contributed by atoms with Crippen molar-refractivity contribution in [2.45, 2.75) is 0 Å². The standard InChI is InChI=1S/C17H15N3O4/c18-17(19)20-13-6-8-14(9-7-13)24-16(23)12-4-1-11(2-5-12)3-10-15(21)22/h1-10H,(H,21,22)(H4,18,19,20)/b10-3+. The van der Waals surface area contributed by atoms with Gasteiger partial charge in [0, 0.05) is 6.08 Å². The number of benzene rings is 2. The maximum Gasteiger partial charge on any atom is 0.343 e. The number of aliphatic carboxylic acids is 1. The SMILES string of the molecule is NC(N)=Nc1ccc(OC(=O)c2ccc(/C=C/C(=O)O)cc2)cc1. The molecule has 2 aromatic carbocycles. The van der Waals surface area contributed by atoms with Crippen molar-refractivity contribution in [1.82, 2.24) is 0 Å². The van der Waals surface area contributed by atoms with E-state index in [9.17, 15) is 9.59 Å². The molecule has 0 amide bonds. The number of ether oxygens (including phenoxy) is 1. The largest absolute Gasteiger partial charge is 0.478 e. The van der Waals surface area contributed by atoms with Gasteiger partial charge in [0.05, 0.1) is 11.3 Å². The third kappa shape index (κ3) is 4.99. The molecule has 2 rings (SSSR count). The zero-order valence-electron chi connectivity index (χ0n) is 12.5. The predicted molar refractivity (Wildman–Crippen MR) is 90.0 cm³/mol. The van der Waals surface area contributed by atoms with Crippen LogP contribution >= 0.6 is 0 Å². The molecular weight excluding hydrogens is 310 g/mol. The average Bonchev–Trinajstić information content (AvgIpc) is 2.54. The molecular formula is C17H15N3O4. The van der Waals surface area contributed by atoms with Crippen molar-refractivity contribution in [1.29, 1.82) is 0 Å². The lowest BCUT2D eigenvalue weighted by molar-refractivity contribution is -0.131. The highest BCUT2D eigenvalue weighted by Crippen LogP contribution is 2.19. The first-order valence-electron chi connectivity index (χ1n) is 6.87. The van der Waals surface area contributed by atoms with Crippen LogP contribution < -0.4 is 16.2 Å². The Morgan fingerprint density at radius 3 is 2.17 bits per heavy atom. The van der Waals surface area contributed by atoms with Crippen molar-refractivity contribution >= 4 is 29.7 Å². The normalized spacial score (nSPS) is 10.3. The van der Waals surface area contributed by atoms with Gasteiger partial charge in [-0.05, 0) is 48.0 Å². The van der Waals surface area contributed by atoms with Gasteiger partial charge in [0.25, 0.3) is 0 Å². The highest BCUT2D eigenvalue weighted by Gasteiger charge is 2.08. The van der Waals surface area contributed by atoms with Crippen LogP contribution in [-0.2, 0) is 4.79 Å². The number of nitrogens with zero attached hydrogens (tertiary/aromatic N) is 1. The van der Waals surface area contributed by atoms with Crippen molar-refractivity contribution in [3.63, 3.8) is 0 Å². The number of carbonyl (C=O) groups is 2. The van der Waals surface area contributed by atoms with Crippen LogP contribution in [-0.4, -0.2) is 23.0 Å². The molecule has 0 unspecified atom stereocenters. The van der Waals surface area contributed by atoms with E-state index in [4.69, 9.17) is 21.3 Å². The van der Waals surface area contributed by atoms with Gasteiger partial charge in [-0.2, -0.15) is 0 Å². The maximum absolute atomic E-state index is 12.1. The summed E-state index contributed by atoms with van der Waals surface area (Å²) in [4.78, 5) is 26.4. The Morgan fingerprint density at radius 1 is 1.00 bits per heavy atom. The van der Waals surface area contributed by atoms with E-state index in [0.29, 0.717) is 22.6 Å². The van der Waals surface area contributed by atoms with Crippen molar-refractivity contribution in [3.8, 4) is 5.75 Å². The Hall–Kier alpha value is -3.61. The van der Waals surface area contributed by atoms with E-state index < -0.39 is 11.9 Å². The number of nitrogens with two attached hydrogens (primary N) is 2. The van der Waals surface area contributed by atoms with Crippen LogP contribution in [0.3, 0.4) is 0 Å². The highest BCUT2D eigenvalue weighted by atomic mass is 16.5. The molecule has 0 atom stereocenters. The van der Waals surface area contributed by atoms with Crippen LogP contribution in [0.5, 0.6) is 5.75 Å². The van der Waals surface area contributed by atoms with Crippen molar-refractivity contribution in [2.24, 2.45) is 16.5 Å². The lowest BCUT2D eigenvalue weighted by atomic mass is 10.1. The molecule has 0 radical (unpaired) electrons. The molecule has 0 saturated carbocycles. The molecule has 0 aliphatic rings. The van der Waals surface area contributed by atoms with Gasteiger partial charge in [0.15, 0.2) is 5.96 Å². The third-order valence-electron chi connectivity index (χ3n) is 2.87. The second-order valence-corrected chi connectivity index (χ2v) is 4.71. The summed E-state index contributed by atoms with van der Waals surface area (Å²) in [5.41, 5.74) is 12.1. The Balaban J connectivity index is 2.04. The van der Waals surface area contributed by atoms with Gasteiger partial charge in [-0.15, -0.1) is 0 Å². The van der Waals surface area contributed by atoms with Gasteiger partial charge in [0.2, 0.25) is 0 Å². The zero-order valence-corrected chi connectivity index (χ0v) is 12.5. The minimum atomic E-state index is -1.04.